The number of hydrogen-bond acceptors (Lipinski definition) is 2. The molecule has 1 saturated heterocycles. The summed E-state index contributed by atoms with van der Waals surface area (Å²) in [6.45, 7) is 1.36. The van der Waals surface area contributed by atoms with Crippen molar-refractivity contribution in [2.24, 2.45) is 13.0 Å². The molecule has 3 rings (SSSR count). The zero-order chi connectivity index (χ0) is 14.3. The van der Waals surface area contributed by atoms with E-state index in [4.69, 9.17) is 0 Å². The van der Waals surface area contributed by atoms with E-state index in [2.05, 4.69) is 21.2 Å². The van der Waals surface area contributed by atoms with Crippen molar-refractivity contribution in [1.82, 2.24) is 14.8 Å². The van der Waals surface area contributed by atoms with Crippen molar-refractivity contribution in [2.45, 2.75) is 25.3 Å². The van der Waals surface area contributed by atoms with Crippen LogP contribution >= 0.6 is 15.9 Å². The number of carbonyl (C=O) groups excluding carboxylic acids is 2. The van der Waals surface area contributed by atoms with Gasteiger partial charge in [-0.25, -0.2) is 0 Å². The Labute approximate surface area is 126 Å². The summed E-state index contributed by atoms with van der Waals surface area (Å²) in [4.78, 5) is 25.9. The van der Waals surface area contributed by atoms with Crippen LogP contribution in [0.15, 0.2) is 16.7 Å². The van der Waals surface area contributed by atoms with Gasteiger partial charge in [-0.15, -0.1) is 0 Å². The van der Waals surface area contributed by atoms with Crippen LogP contribution in [-0.2, 0) is 11.8 Å². The van der Waals surface area contributed by atoms with E-state index in [0.29, 0.717) is 24.7 Å². The Balaban J connectivity index is 1.53. The Kier molecular flexibility index (Phi) is 3.58. The first-order chi connectivity index (χ1) is 9.54. The van der Waals surface area contributed by atoms with Crippen molar-refractivity contribution in [3.8, 4) is 0 Å². The molecule has 0 spiro atoms. The van der Waals surface area contributed by atoms with Crippen molar-refractivity contribution < 1.29 is 9.59 Å². The average Bonchev–Trinajstić information content (AvgIpc) is 3.09. The molecule has 2 fully saturated rings. The van der Waals surface area contributed by atoms with Gasteiger partial charge in [0.2, 0.25) is 5.91 Å². The molecule has 2 heterocycles. The van der Waals surface area contributed by atoms with Gasteiger partial charge in [-0.1, -0.05) is 0 Å². The van der Waals surface area contributed by atoms with Crippen LogP contribution < -0.4 is 5.32 Å². The van der Waals surface area contributed by atoms with E-state index in [9.17, 15) is 9.59 Å². The maximum absolute atomic E-state index is 12.1. The minimum absolute atomic E-state index is 0.0875. The number of rotatable bonds is 4. The Bertz CT molecular complexity index is 551. The minimum atomic E-state index is -0.0875. The van der Waals surface area contributed by atoms with Crippen molar-refractivity contribution in [3.63, 3.8) is 0 Å². The van der Waals surface area contributed by atoms with Gasteiger partial charge in [-0.3, -0.25) is 9.59 Å². The van der Waals surface area contributed by atoms with E-state index in [-0.39, 0.29) is 17.7 Å². The number of amides is 2. The zero-order valence-corrected chi connectivity index (χ0v) is 13.0. The van der Waals surface area contributed by atoms with E-state index in [1.807, 2.05) is 18.1 Å². The summed E-state index contributed by atoms with van der Waals surface area (Å²) in [5.41, 5.74) is 0.625. The van der Waals surface area contributed by atoms with Crippen LogP contribution in [0.5, 0.6) is 0 Å². The molecule has 1 aliphatic heterocycles. The molecule has 1 aliphatic carbocycles. The topological polar surface area (TPSA) is 54.3 Å². The lowest BCUT2D eigenvalue weighted by molar-refractivity contribution is -0.128. The van der Waals surface area contributed by atoms with Gasteiger partial charge < -0.3 is 14.8 Å². The molecule has 6 heteroatoms. The van der Waals surface area contributed by atoms with E-state index in [1.165, 1.54) is 0 Å². The number of carbonyl (C=O) groups is 2. The molecule has 108 valence electrons. The number of likely N-dealkylation sites (tertiary alicyclic amines) is 1. The minimum Gasteiger partial charge on any atom is -0.350 e. The summed E-state index contributed by atoms with van der Waals surface area (Å²) < 4.78 is 2.68. The third-order valence-electron chi connectivity index (χ3n) is 3.98. The van der Waals surface area contributed by atoms with Crippen LogP contribution in [-0.4, -0.2) is 40.4 Å². The summed E-state index contributed by atoms with van der Waals surface area (Å²) in [5.74, 6) is 0.402. The monoisotopic (exact) mass is 339 g/mol. The van der Waals surface area contributed by atoms with Gasteiger partial charge in [-0.05, 0) is 34.8 Å². The fourth-order valence-corrected chi connectivity index (χ4v) is 3.29. The lowest BCUT2D eigenvalue weighted by Crippen LogP contribution is -2.32. The van der Waals surface area contributed by atoms with Gasteiger partial charge in [0, 0.05) is 49.2 Å². The number of halogens is 1. The molecular formula is C14H18BrN3O2. The van der Waals surface area contributed by atoms with E-state index in [1.54, 1.807) is 10.6 Å². The Morgan fingerprint density at radius 2 is 2.25 bits per heavy atom. The molecule has 1 N–H and O–H groups in total. The van der Waals surface area contributed by atoms with Crippen LogP contribution in [0.1, 0.15) is 29.8 Å². The summed E-state index contributed by atoms with van der Waals surface area (Å²) in [6.07, 6.45) is 4.70. The van der Waals surface area contributed by atoms with Gasteiger partial charge in [0.1, 0.15) is 5.69 Å². The fourth-order valence-electron chi connectivity index (χ4n) is 2.76. The zero-order valence-electron chi connectivity index (χ0n) is 11.4. The molecule has 1 atom stereocenters. The van der Waals surface area contributed by atoms with Crippen molar-refractivity contribution >= 4 is 27.7 Å². The highest BCUT2D eigenvalue weighted by molar-refractivity contribution is 9.10. The molecule has 0 bridgehead atoms. The normalized spacial score (nSPS) is 22.4. The Morgan fingerprint density at radius 3 is 2.85 bits per heavy atom. The van der Waals surface area contributed by atoms with Crippen LogP contribution in [0, 0.1) is 5.92 Å². The highest BCUT2D eigenvalue weighted by Gasteiger charge is 2.39. The summed E-state index contributed by atoms with van der Waals surface area (Å²) in [7, 11) is 1.84. The third-order valence-corrected chi connectivity index (χ3v) is 4.42. The second kappa shape index (κ2) is 5.24. The van der Waals surface area contributed by atoms with E-state index >= 15 is 0 Å². The molecule has 1 aromatic heterocycles. The Morgan fingerprint density at radius 1 is 1.50 bits per heavy atom. The van der Waals surface area contributed by atoms with Gasteiger partial charge in [0.25, 0.3) is 5.91 Å². The molecule has 1 saturated carbocycles. The molecular weight excluding hydrogens is 322 g/mol. The lowest BCUT2D eigenvalue weighted by Gasteiger charge is -2.15. The molecule has 0 aromatic carbocycles. The van der Waals surface area contributed by atoms with Gasteiger partial charge in [0.15, 0.2) is 0 Å². The van der Waals surface area contributed by atoms with Gasteiger partial charge >= 0.3 is 0 Å². The van der Waals surface area contributed by atoms with Crippen molar-refractivity contribution in [1.29, 1.82) is 0 Å². The fraction of sp³-hybridized carbons (Fsp3) is 0.571. The maximum Gasteiger partial charge on any atom is 0.267 e. The van der Waals surface area contributed by atoms with Crippen LogP contribution in [0.25, 0.3) is 0 Å². The van der Waals surface area contributed by atoms with E-state index in [0.717, 1.165) is 23.9 Å². The first-order valence-corrected chi connectivity index (χ1v) is 7.73. The highest BCUT2D eigenvalue weighted by Crippen LogP contribution is 2.32. The Hall–Kier alpha value is -1.30. The van der Waals surface area contributed by atoms with Crippen molar-refractivity contribution in [2.75, 3.05) is 13.1 Å². The van der Waals surface area contributed by atoms with E-state index < -0.39 is 0 Å². The number of aryl methyl sites for hydroxylation is 1. The number of aromatic nitrogens is 1. The maximum atomic E-state index is 12.1. The molecule has 5 nitrogen and oxygen atoms in total. The third kappa shape index (κ3) is 2.75. The van der Waals surface area contributed by atoms with Gasteiger partial charge in [0.05, 0.1) is 0 Å². The second-order valence-corrected chi connectivity index (χ2v) is 6.63. The average molecular weight is 340 g/mol. The van der Waals surface area contributed by atoms with Gasteiger partial charge in [-0.2, -0.15) is 0 Å². The lowest BCUT2D eigenvalue weighted by atomic mass is 10.1. The molecule has 20 heavy (non-hydrogen) atoms. The van der Waals surface area contributed by atoms with Crippen LogP contribution in [0.4, 0.5) is 0 Å². The molecule has 1 aromatic rings. The quantitative estimate of drug-likeness (QED) is 0.904. The first-order valence-electron chi connectivity index (χ1n) is 6.94. The standard InChI is InChI=1S/C14H18BrN3O2/c1-17-8-10(15)5-12(17)14(20)16-6-9-4-13(19)18(7-9)11-2-3-11/h5,8-9,11H,2-4,6-7H2,1H3,(H,16,20)/t9-/m1/s1. The predicted octanol–water partition coefficient (Wildman–Crippen LogP) is 1.53. The predicted molar refractivity (Wildman–Crippen MR) is 78.3 cm³/mol. The number of nitrogens with one attached hydrogen (secondary N) is 1. The SMILES string of the molecule is Cn1cc(Br)cc1C(=O)NC[C@H]1CC(=O)N(C2CC2)C1. The number of nitrogens with zero attached hydrogens (tertiary/aromatic N) is 2. The second-order valence-electron chi connectivity index (χ2n) is 5.71. The van der Waals surface area contributed by atoms with Crippen molar-refractivity contribution in [3.05, 3.63) is 22.4 Å². The smallest absolute Gasteiger partial charge is 0.267 e. The summed E-state index contributed by atoms with van der Waals surface area (Å²) in [5, 5.41) is 2.94. The van der Waals surface area contributed by atoms with Crippen LogP contribution in [0.3, 0.4) is 0 Å². The summed E-state index contributed by atoms with van der Waals surface area (Å²) in [6, 6.07) is 2.28. The number of hydrogen-bond donors (Lipinski definition) is 1. The summed E-state index contributed by atoms with van der Waals surface area (Å²) >= 11 is 3.36. The first kappa shape index (κ1) is 13.7. The highest BCUT2D eigenvalue weighted by atomic mass is 79.9. The molecule has 2 amide bonds. The van der Waals surface area contributed by atoms with Crippen LogP contribution in [0.2, 0.25) is 0 Å². The molecule has 0 radical (unpaired) electrons. The largest absolute Gasteiger partial charge is 0.350 e. The molecule has 0 unspecified atom stereocenters. The molecule has 2 aliphatic rings.